The van der Waals surface area contributed by atoms with E-state index in [9.17, 15) is 18.0 Å². The quantitative estimate of drug-likeness (QED) is 0.772. The fourth-order valence-corrected chi connectivity index (χ4v) is 4.23. The number of fused-ring (bicyclic) bond motifs is 1. The van der Waals surface area contributed by atoms with Gasteiger partial charge in [-0.15, -0.1) is 0 Å². The molecule has 9 heteroatoms. The molecular formula is C22H27N3O5S. The second-order valence-corrected chi connectivity index (χ2v) is 9.68. The molecule has 31 heavy (non-hydrogen) atoms. The number of amides is 2. The molecule has 0 bridgehead atoms. The van der Waals surface area contributed by atoms with Crippen LogP contribution in [0, 0.1) is 0 Å². The van der Waals surface area contributed by atoms with Gasteiger partial charge in [0.1, 0.15) is 0 Å². The molecular weight excluding hydrogens is 418 g/mol. The van der Waals surface area contributed by atoms with Gasteiger partial charge >= 0.3 is 6.09 Å². The van der Waals surface area contributed by atoms with Crippen LogP contribution in [0.2, 0.25) is 0 Å². The Morgan fingerprint density at radius 3 is 2.23 bits per heavy atom. The number of hydrogen-bond donors (Lipinski definition) is 1. The maximum atomic E-state index is 12.8. The van der Waals surface area contributed by atoms with E-state index in [1.807, 2.05) is 25.1 Å². The van der Waals surface area contributed by atoms with Gasteiger partial charge < -0.3 is 9.64 Å². The minimum atomic E-state index is -3.36. The number of carbonyl (C=O) groups excluding carboxylic acids is 2. The summed E-state index contributed by atoms with van der Waals surface area (Å²) in [6, 6.07) is 12.3. The van der Waals surface area contributed by atoms with Gasteiger partial charge in [-0.3, -0.25) is 14.4 Å². The number of hydrogen-bond acceptors (Lipinski definition) is 5. The topological polar surface area (TPSA) is 96.0 Å². The van der Waals surface area contributed by atoms with Gasteiger partial charge in [-0.25, -0.2) is 13.2 Å². The molecule has 2 aromatic carbocycles. The lowest BCUT2D eigenvalue weighted by molar-refractivity contribution is -0.117. The van der Waals surface area contributed by atoms with Gasteiger partial charge in [0.2, 0.25) is 15.9 Å². The number of sulfonamides is 1. The minimum absolute atomic E-state index is 0.102. The van der Waals surface area contributed by atoms with Crippen LogP contribution in [0.5, 0.6) is 0 Å². The van der Waals surface area contributed by atoms with Crippen molar-refractivity contribution < 1.29 is 22.7 Å². The van der Waals surface area contributed by atoms with Gasteiger partial charge in [0, 0.05) is 19.2 Å². The first-order valence-electron chi connectivity index (χ1n) is 9.96. The lowest BCUT2D eigenvalue weighted by Gasteiger charge is -2.40. The van der Waals surface area contributed by atoms with Crippen LogP contribution in [-0.4, -0.2) is 45.4 Å². The summed E-state index contributed by atoms with van der Waals surface area (Å²) in [5.74, 6) is -0.102. The molecule has 0 spiro atoms. The van der Waals surface area contributed by atoms with E-state index in [1.165, 1.54) is 6.92 Å². The van der Waals surface area contributed by atoms with Crippen molar-refractivity contribution in [3.63, 3.8) is 0 Å². The lowest BCUT2D eigenvalue weighted by atomic mass is 10.0. The molecule has 2 amide bonds. The fraction of sp³-hybridized carbons (Fsp3) is 0.364. The van der Waals surface area contributed by atoms with E-state index in [0.717, 1.165) is 17.4 Å². The first-order valence-corrected chi connectivity index (χ1v) is 11.9. The summed E-state index contributed by atoms with van der Waals surface area (Å²) in [5, 5.41) is 0. The van der Waals surface area contributed by atoms with Gasteiger partial charge in [-0.2, -0.15) is 0 Å². The standard InChI is InChI=1S/C22H27N3O5S/c1-14(2)30-22(27)24-13-15(3)25(16(4)26)20-11-8-18(12-21(20)24)17-6-9-19(10-7-17)23-31(5,28)29/h6-12,14-15,23H,13H2,1-5H3/t15-/m0/s1. The Kier molecular flexibility index (Phi) is 6.26. The molecule has 0 fully saturated rings. The third kappa shape index (κ3) is 5.16. The second kappa shape index (κ2) is 8.58. The highest BCUT2D eigenvalue weighted by molar-refractivity contribution is 7.92. The number of nitrogens with zero attached hydrogens (tertiary/aromatic N) is 2. The highest BCUT2D eigenvalue weighted by Crippen LogP contribution is 2.39. The number of anilines is 3. The third-order valence-corrected chi connectivity index (χ3v) is 5.44. The van der Waals surface area contributed by atoms with Crippen molar-refractivity contribution in [2.24, 2.45) is 0 Å². The molecule has 1 aliphatic heterocycles. The zero-order valence-corrected chi connectivity index (χ0v) is 19.1. The molecule has 8 nitrogen and oxygen atoms in total. The summed E-state index contributed by atoms with van der Waals surface area (Å²) in [4.78, 5) is 28.3. The predicted molar refractivity (Wildman–Crippen MR) is 122 cm³/mol. The minimum Gasteiger partial charge on any atom is -0.446 e. The van der Waals surface area contributed by atoms with Crippen LogP contribution in [0.15, 0.2) is 42.5 Å². The molecule has 0 unspecified atom stereocenters. The summed E-state index contributed by atoms with van der Waals surface area (Å²) in [7, 11) is -3.36. The van der Waals surface area contributed by atoms with Crippen LogP contribution >= 0.6 is 0 Å². The van der Waals surface area contributed by atoms with Gasteiger partial charge in [0.05, 0.1) is 29.8 Å². The van der Waals surface area contributed by atoms with Crippen molar-refractivity contribution in [1.29, 1.82) is 0 Å². The van der Waals surface area contributed by atoms with E-state index in [-0.39, 0.29) is 18.1 Å². The Morgan fingerprint density at radius 2 is 1.68 bits per heavy atom. The highest BCUT2D eigenvalue weighted by Gasteiger charge is 2.34. The Labute approximate surface area is 182 Å². The summed E-state index contributed by atoms with van der Waals surface area (Å²) in [6.45, 7) is 7.29. The van der Waals surface area contributed by atoms with Crippen molar-refractivity contribution in [3.05, 3.63) is 42.5 Å². The van der Waals surface area contributed by atoms with E-state index in [4.69, 9.17) is 4.74 Å². The molecule has 1 aliphatic rings. The summed E-state index contributed by atoms with van der Waals surface area (Å²) < 4.78 is 30.7. The van der Waals surface area contributed by atoms with Gasteiger partial charge in [-0.1, -0.05) is 18.2 Å². The molecule has 0 saturated carbocycles. The fourth-order valence-electron chi connectivity index (χ4n) is 3.67. The monoisotopic (exact) mass is 445 g/mol. The zero-order chi connectivity index (χ0) is 22.9. The van der Waals surface area contributed by atoms with Gasteiger partial charge in [0.15, 0.2) is 0 Å². The van der Waals surface area contributed by atoms with Crippen molar-refractivity contribution in [2.75, 3.05) is 27.3 Å². The SMILES string of the molecule is CC(=O)N1c2ccc(-c3ccc(NS(C)(=O)=O)cc3)cc2N(C(=O)OC(C)C)C[C@@H]1C. The molecule has 1 N–H and O–H groups in total. The van der Waals surface area contributed by atoms with Crippen LogP contribution in [0.4, 0.5) is 21.9 Å². The molecule has 1 atom stereocenters. The first-order chi connectivity index (χ1) is 14.5. The van der Waals surface area contributed by atoms with Crippen LogP contribution in [0.1, 0.15) is 27.7 Å². The average Bonchev–Trinajstić information content (AvgIpc) is 2.65. The average molecular weight is 446 g/mol. The predicted octanol–water partition coefficient (Wildman–Crippen LogP) is 3.83. The van der Waals surface area contributed by atoms with Crippen molar-refractivity contribution in [1.82, 2.24) is 0 Å². The molecule has 0 saturated heterocycles. The van der Waals surface area contributed by atoms with Gasteiger partial charge in [0.25, 0.3) is 0 Å². The summed E-state index contributed by atoms with van der Waals surface area (Å²) >= 11 is 0. The molecule has 0 radical (unpaired) electrons. The molecule has 0 aromatic heterocycles. The number of rotatable bonds is 4. The van der Waals surface area contributed by atoms with E-state index < -0.39 is 16.1 Å². The van der Waals surface area contributed by atoms with Crippen LogP contribution < -0.4 is 14.5 Å². The highest BCUT2D eigenvalue weighted by atomic mass is 32.2. The van der Waals surface area contributed by atoms with Crippen molar-refractivity contribution in [3.8, 4) is 11.1 Å². The Morgan fingerprint density at radius 1 is 1.06 bits per heavy atom. The molecule has 1 heterocycles. The van der Waals surface area contributed by atoms with E-state index in [0.29, 0.717) is 23.6 Å². The van der Waals surface area contributed by atoms with Crippen molar-refractivity contribution >= 4 is 39.1 Å². The van der Waals surface area contributed by atoms with E-state index in [2.05, 4.69) is 4.72 Å². The van der Waals surface area contributed by atoms with E-state index >= 15 is 0 Å². The lowest BCUT2D eigenvalue weighted by Crippen LogP contribution is -2.51. The van der Waals surface area contributed by atoms with Crippen molar-refractivity contribution in [2.45, 2.75) is 39.8 Å². The Bertz CT molecular complexity index is 1100. The Balaban J connectivity index is 2.03. The smallest absolute Gasteiger partial charge is 0.414 e. The number of ether oxygens (including phenoxy) is 1. The molecule has 3 rings (SSSR count). The van der Waals surface area contributed by atoms with Crippen LogP contribution in [-0.2, 0) is 19.6 Å². The van der Waals surface area contributed by atoms with Gasteiger partial charge in [-0.05, 0) is 56.2 Å². The van der Waals surface area contributed by atoms with E-state index in [1.54, 1.807) is 47.9 Å². The second-order valence-electron chi connectivity index (χ2n) is 7.94. The Hall–Kier alpha value is -3.07. The molecule has 166 valence electrons. The summed E-state index contributed by atoms with van der Waals surface area (Å²) in [6.07, 6.45) is 0.364. The number of carbonyl (C=O) groups is 2. The maximum Gasteiger partial charge on any atom is 0.414 e. The summed E-state index contributed by atoms with van der Waals surface area (Å²) in [5.41, 5.74) is 3.36. The van der Waals surface area contributed by atoms with Crippen LogP contribution in [0.3, 0.4) is 0 Å². The third-order valence-electron chi connectivity index (χ3n) is 4.83. The normalized spacial score (nSPS) is 16.1. The molecule has 2 aromatic rings. The van der Waals surface area contributed by atoms with Crippen LogP contribution in [0.25, 0.3) is 11.1 Å². The maximum absolute atomic E-state index is 12.8. The first kappa shape index (κ1) is 22.6. The zero-order valence-electron chi connectivity index (χ0n) is 18.2. The number of nitrogens with one attached hydrogen (secondary N) is 1. The number of benzene rings is 2. The molecule has 0 aliphatic carbocycles. The largest absolute Gasteiger partial charge is 0.446 e.